The van der Waals surface area contributed by atoms with Gasteiger partial charge in [0.05, 0.1) is 0 Å². The van der Waals surface area contributed by atoms with Gasteiger partial charge in [-0.1, -0.05) is 18.2 Å². The quantitative estimate of drug-likeness (QED) is 0.356. The zero-order chi connectivity index (χ0) is 12.1. The van der Waals surface area contributed by atoms with Crippen molar-refractivity contribution in [3.8, 4) is 0 Å². The maximum Gasteiger partial charge on any atom is 0.226 e. The summed E-state index contributed by atoms with van der Waals surface area (Å²) in [6.07, 6.45) is 0.225. The lowest BCUT2D eigenvalue weighted by atomic mass is 9.96. The number of thiol groups is 1. The van der Waals surface area contributed by atoms with Crippen molar-refractivity contribution in [1.82, 2.24) is 0 Å². The van der Waals surface area contributed by atoms with Crippen LogP contribution in [-0.2, 0) is 15.3 Å². The second-order valence-electron chi connectivity index (χ2n) is 2.96. The SMILES string of the molecule is O=CC(=O)c1cccc(CS)c1C(=O)C=O. The Hall–Kier alpha value is -1.75. The summed E-state index contributed by atoms with van der Waals surface area (Å²) in [5.74, 6) is -1.45. The second-order valence-corrected chi connectivity index (χ2v) is 3.28. The average Bonchev–Trinajstić information content (AvgIpc) is 2.35. The van der Waals surface area contributed by atoms with Crippen LogP contribution >= 0.6 is 12.6 Å². The van der Waals surface area contributed by atoms with Crippen LogP contribution in [0.2, 0.25) is 0 Å². The van der Waals surface area contributed by atoms with E-state index in [4.69, 9.17) is 0 Å². The summed E-state index contributed by atoms with van der Waals surface area (Å²) in [5.41, 5.74) is 0.358. The predicted molar refractivity (Wildman–Crippen MR) is 59.9 cm³/mol. The van der Waals surface area contributed by atoms with Crippen molar-refractivity contribution in [1.29, 1.82) is 0 Å². The Morgan fingerprint density at radius 3 is 2.25 bits per heavy atom. The highest BCUT2D eigenvalue weighted by Gasteiger charge is 2.19. The predicted octanol–water partition coefficient (Wildman–Crippen LogP) is 0.880. The molecule has 0 heterocycles. The van der Waals surface area contributed by atoms with E-state index in [1.807, 2.05) is 0 Å². The lowest BCUT2D eigenvalue weighted by Crippen LogP contribution is -2.13. The summed E-state index contributed by atoms with van der Waals surface area (Å²) in [5, 5.41) is 0. The Kier molecular flexibility index (Phi) is 4.13. The van der Waals surface area contributed by atoms with Crippen molar-refractivity contribution in [2.24, 2.45) is 0 Å². The van der Waals surface area contributed by atoms with Gasteiger partial charge in [0.15, 0.2) is 12.6 Å². The Bertz CT molecular complexity index is 465. The highest BCUT2D eigenvalue weighted by molar-refractivity contribution is 7.79. The zero-order valence-electron chi connectivity index (χ0n) is 8.17. The van der Waals surface area contributed by atoms with Crippen LogP contribution in [0.4, 0.5) is 0 Å². The van der Waals surface area contributed by atoms with Crippen LogP contribution in [0.15, 0.2) is 18.2 Å². The van der Waals surface area contributed by atoms with Crippen LogP contribution in [-0.4, -0.2) is 24.1 Å². The van der Waals surface area contributed by atoms with Gasteiger partial charge < -0.3 is 0 Å². The number of ketones is 2. The molecule has 0 fully saturated rings. The number of rotatable bonds is 5. The fraction of sp³-hybridized carbons (Fsp3) is 0.0909. The maximum absolute atomic E-state index is 11.4. The third kappa shape index (κ3) is 2.25. The van der Waals surface area contributed by atoms with E-state index in [1.165, 1.54) is 12.1 Å². The molecule has 0 spiro atoms. The molecule has 1 aromatic rings. The molecule has 0 amide bonds. The molecule has 0 saturated heterocycles. The number of hydrogen-bond acceptors (Lipinski definition) is 5. The van der Waals surface area contributed by atoms with Crippen LogP contribution in [0.1, 0.15) is 26.3 Å². The molecule has 0 unspecified atom stereocenters. The molecular weight excluding hydrogens is 228 g/mol. The lowest BCUT2D eigenvalue weighted by molar-refractivity contribution is -0.105. The smallest absolute Gasteiger partial charge is 0.226 e. The van der Waals surface area contributed by atoms with E-state index in [1.54, 1.807) is 6.07 Å². The summed E-state index contributed by atoms with van der Waals surface area (Å²) in [6, 6.07) is 4.44. The van der Waals surface area contributed by atoms with E-state index in [-0.39, 0.29) is 29.5 Å². The molecule has 0 aliphatic rings. The van der Waals surface area contributed by atoms with Gasteiger partial charge in [-0.05, 0) is 5.56 Å². The van der Waals surface area contributed by atoms with Crippen molar-refractivity contribution in [2.45, 2.75) is 5.75 Å². The molecule has 4 nitrogen and oxygen atoms in total. The Balaban J connectivity index is 3.48. The van der Waals surface area contributed by atoms with Gasteiger partial charge in [0.1, 0.15) is 0 Å². The molecule has 0 aromatic heterocycles. The minimum atomic E-state index is -0.825. The first-order chi connectivity index (χ1) is 7.65. The minimum absolute atomic E-state index is 0.0374. The van der Waals surface area contributed by atoms with Crippen LogP contribution < -0.4 is 0 Å². The number of hydrogen-bond donors (Lipinski definition) is 1. The molecule has 0 bridgehead atoms. The minimum Gasteiger partial charge on any atom is -0.294 e. The van der Waals surface area contributed by atoms with Crippen molar-refractivity contribution >= 4 is 36.8 Å². The van der Waals surface area contributed by atoms with E-state index in [2.05, 4.69) is 12.6 Å². The van der Waals surface area contributed by atoms with Gasteiger partial charge in [-0.15, -0.1) is 0 Å². The monoisotopic (exact) mass is 236 g/mol. The van der Waals surface area contributed by atoms with Crippen molar-refractivity contribution in [2.75, 3.05) is 0 Å². The fourth-order valence-corrected chi connectivity index (χ4v) is 1.61. The van der Waals surface area contributed by atoms with Gasteiger partial charge >= 0.3 is 0 Å². The number of carbonyl (C=O) groups excluding carboxylic acids is 4. The Labute approximate surface area is 97.1 Å². The second kappa shape index (κ2) is 5.37. The van der Waals surface area contributed by atoms with E-state index in [9.17, 15) is 19.2 Å². The third-order valence-electron chi connectivity index (χ3n) is 2.05. The summed E-state index contributed by atoms with van der Waals surface area (Å²) >= 11 is 3.99. The van der Waals surface area contributed by atoms with E-state index < -0.39 is 11.6 Å². The number of Topliss-reactive ketones (excluding diaryl/α,β-unsaturated/α-hetero) is 2. The van der Waals surface area contributed by atoms with Crippen LogP contribution in [0, 0.1) is 0 Å². The van der Waals surface area contributed by atoms with Gasteiger partial charge in [-0.2, -0.15) is 12.6 Å². The highest BCUT2D eigenvalue weighted by Crippen LogP contribution is 2.17. The van der Waals surface area contributed by atoms with Crippen molar-refractivity contribution in [3.63, 3.8) is 0 Å². The van der Waals surface area contributed by atoms with E-state index in [0.29, 0.717) is 5.56 Å². The first kappa shape index (κ1) is 12.3. The van der Waals surface area contributed by atoms with Gasteiger partial charge in [0.25, 0.3) is 0 Å². The zero-order valence-corrected chi connectivity index (χ0v) is 9.07. The highest BCUT2D eigenvalue weighted by atomic mass is 32.1. The van der Waals surface area contributed by atoms with Gasteiger partial charge in [0.2, 0.25) is 11.6 Å². The molecule has 0 aliphatic heterocycles. The molecule has 0 radical (unpaired) electrons. The van der Waals surface area contributed by atoms with Crippen LogP contribution in [0.25, 0.3) is 0 Å². The summed E-state index contributed by atoms with van der Waals surface area (Å²) in [6.45, 7) is 0. The normalized spacial score (nSPS) is 9.56. The maximum atomic E-state index is 11.4. The van der Waals surface area contributed by atoms with Gasteiger partial charge in [0, 0.05) is 16.9 Å². The molecule has 5 heteroatoms. The largest absolute Gasteiger partial charge is 0.294 e. The Morgan fingerprint density at radius 1 is 1.12 bits per heavy atom. The van der Waals surface area contributed by atoms with Crippen molar-refractivity contribution < 1.29 is 19.2 Å². The number of benzene rings is 1. The van der Waals surface area contributed by atoms with Gasteiger partial charge in [-0.3, -0.25) is 19.2 Å². The summed E-state index contributed by atoms with van der Waals surface area (Å²) in [7, 11) is 0. The van der Waals surface area contributed by atoms with Gasteiger partial charge in [-0.25, -0.2) is 0 Å². The van der Waals surface area contributed by atoms with E-state index in [0.717, 1.165) is 0 Å². The molecule has 1 rings (SSSR count). The van der Waals surface area contributed by atoms with Crippen LogP contribution in [0.5, 0.6) is 0 Å². The standard InChI is InChI=1S/C11H8O4S/c12-4-9(14)8-3-1-2-7(6-16)11(8)10(15)5-13/h1-5,16H,6H2. The van der Waals surface area contributed by atoms with Crippen LogP contribution in [0.3, 0.4) is 0 Å². The average molecular weight is 236 g/mol. The number of carbonyl (C=O) groups is 4. The third-order valence-corrected chi connectivity index (χ3v) is 2.39. The fourth-order valence-electron chi connectivity index (χ4n) is 1.35. The first-order valence-electron chi connectivity index (χ1n) is 4.37. The molecule has 1 aromatic carbocycles. The number of aldehydes is 2. The summed E-state index contributed by atoms with van der Waals surface area (Å²) < 4.78 is 0. The molecule has 0 aliphatic carbocycles. The van der Waals surface area contributed by atoms with E-state index >= 15 is 0 Å². The first-order valence-corrected chi connectivity index (χ1v) is 5.00. The molecule has 82 valence electrons. The summed E-state index contributed by atoms with van der Waals surface area (Å²) in [4.78, 5) is 43.5. The molecule has 0 atom stereocenters. The molecule has 16 heavy (non-hydrogen) atoms. The van der Waals surface area contributed by atoms with Crippen molar-refractivity contribution in [3.05, 3.63) is 34.9 Å². The Morgan fingerprint density at radius 2 is 1.75 bits per heavy atom. The molecular formula is C11H8O4S. The molecule has 0 saturated carbocycles. The topological polar surface area (TPSA) is 68.3 Å². The lowest BCUT2D eigenvalue weighted by Gasteiger charge is -2.07. The molecule has 0 N–H and O–H groups in total.